The number of fused-ring (bicyclic) bond motifs is 3. The first-order valence-corrected chi connectivity index (χ1v) is 22.1. The molecule has 0 saturated carbocycles. The number of nitrogens with one attached hydrogen (secondary N) is 3. The summed E-state index contributed by atoms with van der Waals surface area (Å²) in [7, 11) is 0. The van der Waals surface area contributed by atoms with Gasteiger partial charge in [0, 0.05) is 50.4 Å². The fourth-order valence-corrected chi connectivity index (χ4v) is 7.80. The first-order valence-electron chi connectivity index (χ1n) is 22.1. The smallest absolute Gasteiger partial charge is 0.325 e. The number of allylic oxidation sites excluding steroid dienone is 4. The monoisotopic (exact) mass is 898 g/mol. The van der Waals surface area contributed by atoms with Crippen molar-refractivity contribution in [2.24, 2.45) is 17.8 Å². The van der Waals surface area contributed by atoms with Gasteiger partial charge in [0.05, 0.1) is 36.1 Å². The van der Waals surface area contributed by atoms with Gasteiger partial charge in [-0.2, -0.15) is 5.06 Å². The number of anilines is 1. The van der Waals surface area contributed by atoms with Crippen molar-refractivity contribution >= 4 is 41.1 Å². The van der Waals surface area contributed by atoms with Crippen molar-refractivity contribution in [2.75, 3.05) is 18.2 Å². The molecule has 350 valence electrons. The molecule has 2 aromatic rings. The molecule has 6 N–H and O–H groups in total. The molecule has 4 amide bonds. The van der Waals surface area contributed by atoms with Gasteiger partial charge in [0.15, 0.2) is 0 Å². The number of cyclic esters (lactones) is 1. The molecule has 0 spiro atoms. The number of aromatic hydroxyl groups is 1. The number of nitrogens with zero attached hydrogens (tertiary/aromatic N) is 3. The first kappa shape index (κ1) is 50.0. The molecule has 0 aliphatic carbocycles. The number of aromatic nitrogens is 1. The molecule has 65 heavy (non-hydrogen) atoms. The van der Waals surface area contributed by atoms with Gasteiger partial charge in [-0.05, 0) is 74.4 Å². The second-order valence-corrected chi connectivity index (χ2v) is 17.1. The maximum Gasteiger partial charge on any atom is 0.325 e. The second-order valence-electron chi connectivity index (χ2n) is 17.1. The van der Waals surface area contributed by atoms with Gasteiger partial charge in [0.25, 0.3) is 11.8 Å². The van der Waals surface area contributed by atoms with Gasteiger partial charge in [0.1, 0.15) is 35.8 Å². The molecule has 0 radical (unpaired) electrons. The molecule has 1 unspecified atom stereocenters. The summed E-state index contributed by atoms with van der Waals surface area (Å²) >= 11 is 0. The van der Waals surface area contributed by atoms with E-state index in [2.05, 4.69) is 21.0 Å². The minimum absolute atomic E-state index is 0.0375. The van der Waals surface area contributed by atoms with E-state index in [9.17, 15) is 44.1 Å². The van der Waals surface area contributed by atoms with Crippen LogP contribution >= 0.6 is 0 Å². The fraction of sp³-hybridized carbons (Fsp3) is 0.479. The van der Waals surface area contributed by atoms with Crippen LogP contribution < -0.4 is 21.1 Å². The zero-order valence-electron chi connectivity index (χ0n) is 37.6. The number of hydrogen-bond donors (Lipinski definition) is 6. The number of carbonyl (C=O) groups excluding carboxylic acids is 6. The number of ketones is 1. The Hall–Kier alpha value is -6.01. The summed E-state index contributed by atoms with van der Waals surface area (Å²) in [6.07, 6.45) is 10.3. The first-order chi connectivity index (χ1) is 31.0. The van der Waals surface area contributed by atoms with Gasteiger partial charge in [-0.1, -0.05) is 69.4 Å². The van der Waals surface area contributed by atoms with E-state index >= 15 is 0 Å². The number of ether oxygens (including phenoxy) is 1. The van der Waals surface area contributed by atoms with Crippen molar-refractivity contribution in [3.05, 3.63) is 102 Å². The SMILES string of the molecule is CC(=O)CC[C@H]1C(=O)N[C@@H](C(C)C)C(=O)N[C@@H](Cc2cccc(O)c2)C(=O)N2CCCC(N2)C(=O)O[C@H](/C(C)=C/C=C/C(=O)N2OCCc3ncccc32)C/C=C/C=C/[C@H](O)[C@H](C)[C@H]1O. The number of amides is 4. The highest BCUT2D eigenvalue weighted by atomic mass is 16.7. The molecular weight excluding hydrogens is 837 g/mol. The molecule has 1 aromatic carbocycles. The number of carbonyl (C=O) groups is 6. The Morgan fingerprint density at radius 2 is 1.82 bits per heavy atom. The predicted octanol–water partition coefficient (Wildman–Crippen LogP) is 3.25. The third-order valence-electron chi connectivity index (χ3n) is 11.7. The second kappa shape index (κ2) is 23.8. The van der Waals surface area contributed by atoms with Crippen LogP contribution in [0.1, 0.15) is 78.0 Å². The van der Waals surface area contributed by atoms with Crippen molar-refractivity contribution in [2.45, 2.75) is 116 Å². The summed E-state index contributed by atoms with van der Waals surface area (Å²) < 4.78 is 6.08. The standard InChI is InChI=1S/C48H62N6O11/c1-29(2)43-46(61)50-38(28-33-14-10-15-34(56)27-33)47(62)53-25-12-16-37(52-53)48(63)65-41(30(3)13-9-20-42(58)54-39-17-11-24-49-36(39)23-26-64-54)19-8-6-7-18-40(57)32(5)44(59)35(45(60)51-43)22-21-31(4)55/h6-11,13-15,17-18,20,24,27,29,32,35,37-38,40-41,43-44,52,56-57,59H,12,16,19,21-23,25-26,28H2,1-5H3,(H,50,61)(H,51,60)/b8-6+,18-7+,20-9+,30-13+/t32-,35+,37?,38-,40-,41-,43-,44+/m0/s1. The van der Waals surface area contributed by atoms with Crippen LogP contribution in [0.15, 0.2) is 90.7 Å². The van der Waals surface area contributed by atoms with Gasteiger partial charge in [-0.3, -0.25) is 38.8 Å². The molecule has 17 nitrogen and oxygen atoms in total. The Kier molecular flexibility index (Phi) is 18.3. The number of hydrazine groups is 1. The van der Waals surface area contributed by atoms with Crippen LogP contribution in [0.2, 0.25) is 0 Å². The molecular formula is C48H62N6O11. The molecule has 5 rings (SSSR count). The molecule has 1 aromatic heterocycles. The number of benzene rings is 1. The van der Waals surface area contributed by atoms with Gasteiger partial charge < -0.3 is 35.5 Å². The minimum atomic E-state index is -1.44. The number of hydrogen-bond acceptors (Lipinski definition) is 13. The maximum absolute atomic E-state index is 14.4. The van der Waals surface area contributed by atoms with Crippen LogP contribution in [0.25, 0.3) is 0 Å². The van der Waals surface area contributed by atoms with Gasteiger partial charge in [-0.15, -0.1) is 0 Å². The molecule has 3 aliphatic rings. The number of phenols is 1. The molecule has 17 heteroatoms. The van der Waals surface area contributed by atoms with Crippen molar-refractivity contribution in [1.82, 2.24) is 26.1 Å². The van der Waals surface area contributed by atoms with E-state index < -0.39 is 83.8 Å². The Morgan fingerprint density at radius 1 is 1.03 bits per heavy atom. The molecule has 8 atom stereocenters. The van der Waals surface area contributed by atoms with Crippen LogP contribution in [0.5, 0.6) is 5.75 Å². The molecule has 3 aliphatic heterocycles. The molecule has 1 fully saturated rings. The quantitative estimate of drug-likeness (QED) is 0.121. The number of pyridine rings is 1. The van der Waals surface area contributed by atoms with Crippen molar-refractivity contribution in [3.8, 4) is 5.75 Å². The lowest BCUT2D eigenvalue weighted by Gasteiger charge is -2.36. The van der Waals surface area contributed by atoms with E-state index in [1.807, 2.05) is 0 Å². The number of aliphatic hydroxyl groups excluding tert-OH is 2. The fourth-order valence-electron chi connectivity index (χ4n) is 7.80. The van der Waals surface area contributed by atoms with Gasteiger partial charge in [0.2, 0.25) is 11.8 Å². The van der Waals surface area contributed by atoms with Crippen molar-refractivity contribution in [3.63, 3.8) is 0 Å². The Balaban J connectivity index is 1.46. The number of esters is 1. The van der Waals surface area contributed by atoms with Crippen LogP contribution in [0, 0.1) is 17.8 Å². The number of hydroxylamine groups is 1. The molecule has 2 bridgehead atoms. The van der Waals surface area contributed by atoms with E-state index in [0.29, 0.717) is 36.1 Å². The average Bonchev–Trinajstić information content (AvgIpc) is 3.28. The summed E-state index contributed by atoms with van der Waals surface area (Å²) in [5, 5.41) is 40.9. The highest BCUT2D eigenvalue weighted by molar-refractivity contribution is 6.00. The highest BCUT2D eigenvalue weighted by Crippen LogP contribution is 2.26. The third-order valence-corrected chi connectivity index (χ3v) is 11.7. The zero-order valence-corrected chi connectivity index (χ0v) is 37.6. The third kappa shape index (κ3) is 14.0. The lowest BCUT2D eigenvalue weighted by molar-refractivity contribution is -0.156. The largest absolute Gasteiger partial charge is 0.508 e. The van der Waals surface area contributed by atoms with Crippen LogP contribution in [-0.2, 0) is 51.2 Å². The Bertz CT molecular complexity index is 2150. The lowest BCUT2D eigenvalue weighted by Crippen LogP contribution is -2.62. The van der Waals surface area contributed by atoms with E-state index in [1.54, 1.807) is 82.5 Å². The minimum Gasteiger partial charge on any atom is -0.508 e. The summed E-state index contributed by atoms with van der Waals surface area (Å²) in [4.78, 5) is 91.7. The van der Waals surface area contributed by atoms with Crippen LogP contribution in [0.4, 0.5) is 5.69 Å². The van der Waals surface area contributed by atoms with Crippen molar-refractivity contribution < 1.29 is 53.7 Å². The molecule has 4 heterocycles. The topological polar surface area (TPSA) is 237 Å². The highest BCUT2D eigenvalue weighted by Gasteiger charge is 2.39. The normalized spacial score (nSPS) is 27.7. The number of Topliss-reactive ketones (excluding diaryl/α,β-unsaturated/α-hetero) is 1. The van der Waals surface area contributed by atoms with Gasteiger partial charge in [-0.25, -0.2) is 5.43 Å². The van der Waals surface area contributed by atoms with Crippen LogP contribution in [0.3, 0.4) is 0 Å². The van der Waals surface area contributed by atoms with E-state index in [1.165, 1.54) is 47.4 Å². The molecule has 1 saturated heterocycles. The van der Waals surface area contributed by atoms with E-state index in [4.69, 9.17) is 9.57 Å². The van der Waals surface area contributed by atoms with Gasteiger partial charge >= 0.3 is 5.97 Å². The summed E-state index contributed by atoms with van der Waals surface area (Å²) in [6.45, 7) is 8.56. The van der Waals surface area contributed by atoms with E-state index in [-0.39, 0.29) is 50.4 Å². The van der Waals surface area contributed by atoms with Crippen molar-refractivity contribution in [1.29, 1.82) is 0 Å². The average molecular weight is 899 g/mol. The summed E-state index contributed by atoms with van der Waals surface area (Å²) in [5.74, 6) is -5.92. The Morgan fingerprint density at radius 3 is 2.55 bits per heavy atom. The van der Waals surface area contributed by atoms with E-state index in [0.717, 1.165) is 5.69 Å². The zero-order chi connectivity index (χ0) is 47.2. The summed E-state index contributed by atoms with van der Waals surface area (Å²) in [6, 6.07) is 6.30. The van der Waals surface area contributed by atoms with Crippen LogP contribution in [-0.4, -0.2) is 110 Å². The number of rotatable bonds is 9. The number of phenolic OH excluding ortho intramolecular Hbond substituents is 1. The maximum atomic E-state index is 14.4. The predicted molar refractivity (Wildman–Crippen MR) is 240 cm³/mol. The Labute approximate surface area is 379 Å². The summed E-state index contributed by atoms with van der Waals surface area (Å²) in [5.41, 5.74) is 5.40. The lowest BCUT2D eigenvalue weighted by atomic mass is 9.84. The number of aliphatic hydroxyl groups is 2.